The smallest absolute Gasteiger partial charge is 0.407 e. The lowest BCUT2D eigenvalue weighted by molar-refractivity contribution is -0.385. The van der Waals surface area contributed by atoms with Crippen LogP contribution in [0.1, 0.15) is 38.4 Å². The fraction of sp³-hybridized carbons (Fsp3) is 0.400. The summed E-state index contributed by atoms with van der Waals surface area (Å²) < 4.78 is 5.06. The Balaban J connectivity index is 2.58. The predicted molar refractivity (Wildman–Crippen MR) is 81.3 cm³/mol. The van der Waals surface area contributed by atoms with Gasteiger partial charge in [-0.05, 0) is 20.8 Å². The van der Waals surface area contributed by atoms with Gasteiger partial charge in [0.2, 0.25) is 5.69 Å². The monoisotopic (exact) mass is 316 g/mol. The van der Waals surface area contributed by atoms with Crippen LogP contribution in [0.5, 0.6) is 0 Å². The molecule has 0 aliphatic heterocycles. The summed E-state index contributed by atoms with van der Waals surface area (Å²) in [4.78, 5) is 25.2. The molecule has 1 aromatic heterocycles. The molecule has 23 heavy (non-hydrogen) atoms. The zero-order chi connectivity index (χ0) is 17.5. The molecule has 0 aliphatic carbocycles. The maximum atomic E-state index is 11.4. The van der Waals surface area contributed by atoms with Crippen molar-refractivity contribution in [3.05, 3.63) is 33.6 Å². The van der Waals surface area contributed by atoms with Gasteiger partial charge in [-0.25, -0.2) is 9.78 Å². The van der Waals surface area contributed by atoms with Crippen LogP contribution >= 0.6 is 0 Å². The van der Waals surface area contributed by atoms with Crippen LogP contribution in [-0.2, 0) is 4.74 Å². The van der Waals surface area contributed by atoms with E-state index in [9.17, 15) is 14.9 Å². The maximum Gasteiger partial charge on any atom is 0.407 e. The number of nitro groups is 1. The third kappa shape index (κ3) is 6.44. The van der Waals surface area contributed by atoms with Crippen LogP contribution in [-0.4, -0.2) is 28.1 Å². The first-order chi connectivity index (χ1) is 10.7. The average Bonchev–Trinajstić information content (AvgIpc) is 2.44. The van der Waals surface area contributed by atoms with Crippen molar-refractivity contribution in [2.24, 2.45) is 0 Å². The van der Waals surface area contributed by atoms with Crippen molar-refractivity contribution in [3.8, 4) is 17.9 Å². The number of hydrogen-bond donors (Lipinski definition) is 1. The highest BCUT2D eigenvalue weighted by Gasteiger charge is 2.16. The molecule has 0 radical (unpaired) electrons. The van der Waals surface area contributed by atoms with Crippen molar-refractivity contribution in [2.75, 3.05) is 6.54 Å². The van der Waals surface area contributed by atoms with Crippen LogP contribution in [0.25, 0.3) is 0 Å². The van der Waals surface area contributed by atoms with E-state index in [0.717, 1.165) is 0 Å². The molecule has 1 amide bonds. The number of pyridine rings is 1. The van der Waals surface area contributed by atoms with E-state index in [1.807, 2.05) is 0 Å². The van der Waals surface area contributed by atoms with Crippen molar-refractivity contribution < 1.29 is 14.5 Å². The molecule has 8 nitrogen and oxygen atoms in total. The van der Waals surface area contributed by atoms with E-state index in [1.54, 1.807) is 26.8 Å². The third-order valence-electron chi connectivity index (χ3n) is 2.32. The molecule has 0 atom stereocenters. The number of amides is 1. The largest absolute Gasteiger partial charge is 0.444 e. The number of alkyl carbamates (subject to hydrolysis) is 1. The first kappa shape index (κ1) is 17.9. The molecule has 0 bridgehead atoms. The van der Waals surface area contributed by atoms with Crippen LogP contribution < -0.4 is 5.32 Å². The first-order valence-corrected chi connectivity index (χ1v) is 6.73. The molecular formula is C15H16N4O4. The van der Waals surface area contributed by atoms with Gasteiger partial charge in [-0.15, -0.1) is 0 Å². The molecule has 1 rings (SSSR count). The van der Waals surface area contributed by atoms with Gasteiger partial charge in [0.25, 0.3) is 0 Å². The molecule has 1 heterocycles. The second-order valence-electron chi connectivity index (χ2n) is 5.44. The molecule has 0 fully saturated rings. The molecule has 0 saturated heterocycles. The third-order valence-corrected chi connectivity index (χ3v) is 2.32. The van der Waals surface area contributed by atoms with Crippen LogP contribution in [0.4, 0.5) is 10.5 Å². The van der Waals surface area contributed by atoms with Gasteiger partial charge < -0.3 is 10.1 Å². The van der Waals surface area contributed by atoms with Gasteiger partial charge in [0.1, 0.15) is 11.7 Å². The summed E-state index contributed by atoms with van der Waals surface area (Å²) in [6.45, 7) is 5.57. The minimum absolute atomic E-state index is 0.257. The Labute approximate surface area is 133 Å². The van der Waals surface area contributed by atoms with Crippen molar-refractivity contribution in [1.82, 2.24) is 10.3 Å². The molecule has 120 valence electrons. The highest BCUT2D eigenvalue weighted by atomic mass is 16.6. The lowest BCUT2D eigenvalue weighted by Gasteiger charge is -2.19. The molecule has 8 heteroatoms. The second-order valence-corrected chi connectivity index (χ2v) is 5.44. The highest BCUT2D eigenvalue weighted by Crippen LogP contribution is 2.16. The highest BCUT2D eigenvalue weighted by molar-refractivity contribution is 5.67. The molecule has 1 aromatic rings. The number of carbonyl (C=O) groups is 1. The molecule has 0 saturated carbocycles. The van der Waals surface area contributed by atoms with Gasteiger partial charge in [-0.1, -0.05) is 11.8 Å². The molecule has 0 spiro atoms. The standard InChI is InChI=1S/C15H16N4O4/c1-15(2,3)23-14(20)17-7-5-4-6-11-8-13(19(21)22)12(9-16)18-10-11/h8,10H,5,7H2,1-3H3,(H,17,20). The molecule has 1 N–H and O–H groups in total. The molecular weight excluding hydrogens is 300 g/mol. The minimum atomic E-state index is -0.680. The Kier molecular flexibility index (Phi) is 6.04. The summed E-state index contributed by atoms with van der Waals surface area (Å²) in [6.07, 6.45) is 1.10. The van der Waals surface area contributed by atoms with E-state index in [-0.39, 0.29) is 17.9 Å². The SMILES string of the molecule is CC(C)(C)OC(=O)NCCC#Cc1cnc(C#N)c([N+](=O)[O-])c1. The first-order valence-electron chi connectivity index (χ1n) is 6.73. The van der Waals surface area contributed by atoms with E-state index < -0.39 is 16.6 Å². The second kappa shape index (κ2) is 7.76. The van der Waals surface area contributed by atoms with Crippen molar-refractivity contribution in [1.29, 1.82) is 5.26 Å². The van der Waals surface area contributed by atoms with Crippen LogP contribution in [0.2, 0.25) is 0 Å². The maximum absolute atomic E-state index is 11.4. The van der Waals surface area contributed by atoms with E-state index >= 15 is 0 Å². The molecule has 0 aromatic carbocycles. The summed E-state index contributed by atoms with van der Waals surface area (Å²) in [5, 5.41) is 22.1. The Morgan fingerprint density at radius 2 is 2.22 bits per heavy atom. The number of rotatable bonds is 3. The quantitative estimate of drug-likeness (QED) is 0.395. The van der Waals surface area contributed by atoms with Gasteiger partial charge in [-0.2, -0.15) is 5.26 Å². The Bertz CT molecular complexity index is 705. The number of aromatic nitrogens is 1. The van der Waals surface area contributed by atoms with Gasteiger partial charge in [0.15, 0.2) is 0 Å². The van der Waals surface area contributed by atoms with E-state index in [2.05, 4.69) is 22.1 Å². The summed E-state index contributed by atoms with van der Waals surface area (Å²) in [5.41, 5.74) is -0.880. The molecule has 0 unspecified atom stereocenters. The summed E-state index contributed by atoms with van der Waals surface area (Å²) in [7, 11) is 0. The summed E-state index contributed by atoms with van der Waals surface area (Å²) in [6, 6.07) is 2.84. The van der Waals surface area contributed by atoms with Crippen molar-refractivity contribution in [3.63, 3.8) is 0 Å². The van der Waals surface area contributed by atoms with E-state index in [4.69, 9.17) is 10.00 Å². The number of ether oxygens (including phenoxy) is 1. The Hall–Kier alpha value is -3.13. The fourth-order valence-corrected chi connectivity index (χ4v) is 1.45. The lowest BCUT2D eigenvalue weighted by Crippen LogP contribution is -2.32. The lowest BCUT2D eigenvalue weighted by atomic mass is 10.2. The fourth-order valence-electron chi connectivity index (χ4n) is 1.45. The summed E-state index contributed by atoms with van der Waals surface area (Å²) >= 11 is 0. The van der Waals surface area contributed by atoms with Crippen molar-refractivity contribution in [2.45, 2.75) is 32.8 Å². The van der Waals surface area contributed by atoms with Gasteiger partial charge >= 0.3 is 11.8 Å². The number of hydrogen-bond acceptors (Lipinski definition) is 6. The van der Waals surface area contributed by atoms with Gasteiger partial charge in [-0.3, -0.25) is 10.1 Å². The number of carbonyl (C=O) groups excluding carboxylic acids is 1. The van der Waals surface area contributed by atoms with Crippen molar-refractivity contribution >= 4 is 11.8 Å². The number of nitrogens with zero attached hydrogens (tertiary/aromatic N) is 3. The van der Waals surface area contributed by atoms with E-state index in [0.29, 0.717) is 12.0 Å². The zero-order valence-corrected chi connectivity index (χ0v) is 13.0. The van der Waals surface area contributed by atoms with Gasteiger partial charge in [0.05, 0.1) is 4.92 Å². The summed E-state index contributed by atoms with van der Waals surface area (Å²) in [5.74, 6) is 5.45. The van der Waals surface area contributed by atoms with Crippen LogP contribution in [0.3, 0.4) is 0 Å². The minimum Gasteiger partial charge on any atom is -0.444 e. The number of nitrogens with one attached hydrogen (secondary N) is 1. The van der Waals surface area contributed by atoms with Crippen LogP contribution in [0.15, 0.2) is 12.3 Å². The number of nitriles is 1. The Morgan fingerprint density at radius 1 is 1.52 bits per heavy atom. The average molecular weight is 316 g/mol. The Morgan fingerprint density at radius 3 is 2.78 bits per heavy atom. The van der Waals surface area contributed by atoms with Gasteiger partial charge in [0, 0.05) is 30.8 Å². The predicted octanol–water partition coefficient (Wildman–Crippen LogP) is 2.13. The zero-order valence-electron chi connectivity index (χ0n) is 13.0. The molecule has 0 aliphatic rings. The topological polar surface area (TPSA) is 118 Å². The van der Waals surface area contributed by atoms with E-state index in [1.165, 1.54) is 12.3 Å². The normalized spacial score (nSPS) is 10.0. The van der Waals surface area contributed by atoms with Crippen LogP contribution in [0, 0.1) is 33.3 Å².